The maximum Gasteiger partial charge on any atom is 0.368 e. The molecular weight excluding hydrogens is 370 g/mol. The van der Waals surface area contributed by atoms with Gasteiger partial charge in [-0.15, -0.1) is 5.10 Å². The number of aryl methyl sites for hydroxylation is 4. The van der Waals surface area contributed by atoms with Crippen LogP contribution in [0.2, 0.25) is 0 Å². The predicted molar refractivity (Wildman–Crippen MR) is 107 cm³/mol. The minimum Gasteiger partial charge on any atom is -0.489 e. The third-order valence-corrected chi connectivity index (χ3v) is 4.74. The van der Waals surface area contributed by atoms with Gasteiger partial charge in [-0.05, 0) is 66.6 Å². The van der Waals surface area contributed by atoms with Gasteiger partial charge in [0.05, 0.1) is 23.3 Å². The minimum absolute atomic E-state index is 0.299. The minimum atomic E-state index is -0.305. The maximum atomic E-state index is 12.3. The van der Waals surface area contributed by atoms with Gasteiger partial charge in [-0.25, -0.2) is 9.48 Å². The fourth-order valence-corrected chi connectivity index (χ4v) is 3.10. The first-order valence-corrected chi connectivity index (χ1v) is 9.14. The molecule has 0 saturated heterocycles. The van der Waals surface area contributed by atoms with E-state index in [1.165, 1.54) is 9.36 Å². The van der Waals surface area contributed by atoms with Gasteiger partial charge in [0.1, 0.15) is 12.4 Å². The van der Waals surface area contributed by atoms with E-state index in [0.29, 0.717) is 12.3 Å². The highest BCUT2D eigenvalue weighted by Crippen LogP contribution is 2.24. The van der Waals surface area contributed by atoms with E-state index in [0.717, 1.165) is 33.8 Å². The molecule has 0 unspecified atom stereocenters. The second-order valence-corrected chi connectivity index (χ2v) is 6.91. The summed E-state index contributed by atoms with van der Waals surface area (Å²) in [4.78, 5) is 12.3. The first-order chi connectivity index (χ1) is 13.9. The lowest BCUT2D eigenvalue weighted by atomic mass is 10.1. The van der Waals surface area contributed by atoms with Crippen LogP contribution in [-0.2, 0) is 13.7 Å². The molecule has 9 heteroatoms. The van der Waals surface area contributed by atoms with Gasteiger partial charge in [0.2, 0.25) is 0 Å². The van der Waals surface area contributed by atoms with Crippen LogP contribution >= 0.6 is 0 Å². The molecule has 4 aromatic rings. The zero-order valence-corrected chi connectivity index (χ0v) is 16.7. The summed E-state index contributed by atoms with van der Waals surface area (Å²) >= 11 is 0. The van der Waals surface area contributed by atoms with E-state index in [1.807, 2.05) is 63.4 Å². The van der Waals surface area contributed by atoms with E-state index < -0.39 is 0 Å². The average molecular weight is 391 g/mol. The largest absolute Gasteiger partial charge is 0.489 e. The standard InChI is InChI=1S/C20H21N7O2/c1-13-6-5-7-18(27-20(28)25(4)23-24-27)17(13)12-29-19-9-8-16(10-14(19)2)26-11-15(3)21-22-26/h5-11H,12H2,1-4H3. The van der Waals surface area contributed by atoms with Gasteiger partial charge in [0.15, 0.2) is 0 Å². The van der Waals surface area contributed by atoms with E-state index in [1.54, 1.807) is 11.7 Å². The van der Waals surface area contributed by atoms with Gasteiger partial charge in [-0.1, -0.05) is 17.3 Å². The Hall–Kier alpha value is -3.75. The molecule has 0 N–H and O–H groups in total. The molecule has 2 aromatic heterocycles. The zero-order valence-electron chi connectivity index (χ0n) is 16.7. The van der Waals surface area contributed by atoms with Crippen LogP contribution < -0.4 is 10.4 Å². The molecule has 0 radical (unpaired) electrons. The summed E-state index contributed by atoms with van der Waals surface area (Å²) in [6.07, 6.45) is 1.87. The van der Waals surface area contributed by atoms with Crippen LogP contribution in [0.1, 0.15) is 22.4 Å². The average Bonchev–Trinajstić information content (AvgIpc) is 3.27. The first-order valence-electron chi connectivity index (χ1n) is 9.14. The topological polar surface area (TPSA) is 92.7 Å². The molecule has 2 heterocycles. The fraction of sp³-hybridized carbons (Fsp3) is 0.250. The van der Waals surface area contributed by atoms with Crippen molar-refractivity contribution in [2.75, 3.05) is 0 Å². The summed E-state index contributed by atoms with van der Waals surface area (Å²) < 4.78 is 10.3. The molecule has 0 atom stereocenters. The van der Waals surface area contributed by atoms with Crippen LogP contribution in [0.4, 0.5) is 0 Å². The molecular formula is C20H21N7O2. The van der Waals surface area contributed by atoms with E-state index >= 15 is 0 Å². The number of hydrogen-bond acceptors (Lipinski definition) is 6. The predicted octanol–water partition coefficient (Wildman–Crippen LogP) is 2.05. The van der Waals surface area contributed by atoms with E-state index in [2.05, 4.69) is 20.7 Å². The van der Waals surface area contributed by atoms with E-state index in [-0.39, 0.29) is 5.69 Å². The number of tetrazole rings is 1. The monoisotopic (exact) mass is 391 g/mol. The smallest absolute Gasteiger partial charge is 0.368 e. The van der Waals surface area contributed by atoms with Crippen LogP contribution in [0.25, 0.3) is 11.4 Å². The third kappa shape index (κ3) is 3.54. The molecule has 4 rings (SSSR count). The normalized spacial score (nSPS) is 11.0. The van der Waals surface area contributed by atoms with Crippen LogP contribution in [0.15, 0.2) is 47.4 Å². The van der Waals surface area contributed by atoms with Crippen molar-refractivity contribution < 1.29 is 4.74 Å². The van der Waals surface area contributed by atoms with Crippen molar-refractivity contribution in [3.8, 4) is 17.1 Å². The lowest BCUT2D eigenvalue weighted by Gasteiger charge is -2.14. The van der Waals surface area contributed by atoms with Crippen molar-refractivity contribution >= 4 is 0 Å². The summed E-state index contributed by atoms with van der Waals surface area (Å²) in [5, 5.41) is 15.9. The number of ether oxygens (including phenoxy) is 1. The van der Waals surface area contributed by atoms with E-state index in [9.17, 15) is 4.79 Å². The summed E-state index contributed by atoms with van der Waals surface area (Å²) in [6, 6.07) is 11.5. The van der Waals surface area contributed by atoms with Gasteiger partial charge in [-0.2, -0.15) is 9.36 Å². The molecule has 0 aliphatic heterocycles. The lowest BCUT2D eigenvalue weighted by molar-refractivity contribution is 0.302. The van der Waals surface area contributed by atoms with Crippen molar-refractivity contribution in [3.05, 3.63) is 75.5 Å². The van der Waals surface area contributed by atoms with Crippen molar-refractivity contribution in [3.63, 3.8) is 0 Å². The highest BCUT2D eigenvalue weighted by molar-refractivity contribution is 5.46. The number of hydrogen-bond donors (Lipinski definition) is 0. The van der Waals surface area contributed by atoms with Crippen molar-refractivity contribution in [2.45, 2.75) is 27.4 Å². The molecule has 0 spiro atoms. The number of nitrogens with zero attached hydrogens (tertiary/aromatic N) is 7. The Morgan fingerprint density at radius 2 is 1.83 bits per heavy atom. The van der Waals surface area contributed by atoms with Crippen molar-refractivity contribution in [1.82, 2.24) is 34.8 Å². The second kappa shape index (κ2) is 7.34. The molecule has 9 nitrogen and oxygen atoms in total. The molecule has 0 aliphatic rings. The highest BCUT2D eigenvalue weighted by Gasteiger charge is 2.14. The van der Waals surface area contributed by atoms with Gasteiger partial charge in [0.25, 0.3) is 0 Å². The van der Waals surface area contributed by atoms with Crippen molar-refractivity contribution in [2.24, 2.45) is 7.05 Å². The number of aromatic nitrogens is 7. The quantitative estimate of drug-likeness (QED) is 0.517. The number of rotatable bonds is 5. The molecule has 2 aromatic carbocycles. The van der Waals surface area contributed by atoms with Gasteiger partial charge in [0, 0.05) is 12.6 Å². The van der Waals surface area contributed by atoms with Crippen LogP contribution in [0, 0.1) is 20.8 Å². The third-order valence-electron chi connectivity index (χ3n) is 4.74. The van der Waals surface area contributed by atoms with Gasteiger partial charge < -0.3 is 4.74 Å². The lowest BCUT2D eigenvalue weighted by Crippen LogP contribution is -2.23. The van der Waals surface area contributed by atoms with Crippen LogP contribution in [-0.4, -0.2) is 34.8 Å². The van der Waals surface area contributed by atoms with Gasteiger partial charge >= 0.3 is 5.69 Å². The molecule has 148 valence electrons. The Balaban J connectivity index is 1.61. The van der Waals surface area contributed by atoms with Gasteiger partial charge in [-0.3, -0.25) is 0 Å². The Morgan fingerprint density at radius 1 is 1.00 bits per heavy atom. The highest BCUT2D eigenvalue weighted by atomic mass is 16.5. The molecule has 29 heavy (non-hydrogen) atoms. The molecule has 0 fully saturated rings. The SMILES string of the molecule is Cc1cn(-c2ccc(OCc3c(C)cccc3-n3nnn(C)c3=O)c(C)c2)nn1. The summed E-state index contributed by atoms with van der Waals surface area (Å²) in [5.74, 6) is 0.756. The summed E-state index contributed by atoms with van der Waals surface area (Å²) in [7, 11) is 1.57. The Kier molecular flexibility index (Phi) is 4.71. The van der Waals surface area contributed by atoms with E-state index in [4.69, 9.17) is 4.74 Å². The van der Waals surface area contributed by atoms with Crippen LogP contribution in [0.5, 0.6) is 5.75 Å². The molecule has 0 aliphatic carbocycles. The Bertz CT molecular complexity index is 1240. The number of benzene rings is 2. The molecule has 0 saturated carbocycles. The zero-order chi connectivity index (χ0) is 20.5. The second-order valence-electron chi connectivity index (χ2n) is 6.91. The maximum absolute atomic E-state index is 12.3. The Labute approximate surface area is 167 Å². The summed E-state index contributed by atoms with van der Waals surface area (Å²) in [6.45, 7) is 6.16. The van der Waals surface area contributed by atoms with Crippen molar-refractivity contribution in [1.29, 1.82) is 0 Å². The fourth-order valence-electron chi connectivity index (χ4n) is 3.10. The summed E-state index contributed by atoms with van der Waals surface area (Å²) in [5.41, 5.74) is 4.99. The Morgan fingerprint density at radius 3 is 2.48 bits per heavy atom. The first kappa shape index (κ1) is 18.6. The molecule has 0 amide bonds. The van der Waals surface area contributed by atoms with Crippen LogP contribution in [0.3, 0.4) is 0 Å². The molecule has 0 bridgehead atoms.